The van der Waals surface area contributed by atoms with Crippen LogP contribution in [0.2, 0.25) is 0 Å². The maximum absolute atomic E-state index is 12.4. The molecule has 1 aromatic carbocycles. The summed E-state index contributed by atoms with van der Waals surface area (Å²) in [4.78, 5) is 12.4. The van der Waals surface area contributed by atoms with Crippen molar-refractivity contribution in [1.82, 2.24) is 15.1 Å². The molecule has 0 unspecified atom stereocenters. The molecular weight excluding hydrogens is 278 g/mol. The molecule has 0 radical (unpaired) electrons. The number of aromatic nitrogens is 2. The van der Waals surface area contributed by atoms with Crippen LogP contribution in [0.1, 0.15) is 36.2 Å². The molecule has 1 fully saturated rings. The summed E-state index contributed by atoms with van der Waals surface area (Å²) in [6.07, 6.45) is 4.55. The number of nitrogens with one attached hydrogen (secondary N) is 1. The molecule has 0 atom stereocenters. The third-order valence-electron chi connectivity index (χ3n) is 4.17. The van der Waals surface area contributed by atoms with Crippen LogP contribution < -0.4 is 10.1 Å². The third-order valence-corrected chi connectivity index (χ3v) is 4.17. The van der Waals surface area contributed by atoms with Gasteiger partial charge in [-0.25, -0.2) is 0 Å². The smallest absolute Gasteiger partial charge is 0.269 e. The highest BCUT2D eigenvalue weighted by atomic mass is 16.5. The van der Waals surface area contributed by atoms with E-state index in [0.717, 1.165) is 29.8 Å². The fraction of sp³-hybridized carbons (Fsp3) is 0.412. The number of rotatable bonds is 4. The molecule has 0 bridgehead atoms. The molecular formula is C17H21N3O2. The second-order valence-corrected chi connectivity index (χ2v) is 5.73. The number of methoxy groups -OCH3 is 1. The molecule has 3 rings (SSSR count). The number of aryl methyl sites for hydroxylation is 1. The highest BCUT2D eigenvalue weighted by Gasteiger charge is 2.20. The Bertz CT molecular complexity index is 672. The SMILES string of the molecule is COc1cccc(-c2cc(C(=O)NC3CCCC3)n(C)n2)c1. The molecule has 1 aromatic heterocycles. The zero-order valence-electron chi connectivity index (χ0n) is 13.0. The Morgan fingerprint density at radius 3 is 2.82 bits per heavy atom. The van der Waals surface area contributed by atoms with Gasteiger partial charge in [-0.3, -0.25) is 9.48 Å². The van der Waals surface area contributed by atoms with Crippen LogP contribution in [0.4, 0.5) is 0 Å². The number of amides is 1. The zero-order valence-corrected chi connectivity index (χ0v) is 13.0. The van der Waals surface area contributed by atoms with E-state index >= 15 is 0 Å². The van der Waals surface area contributed by atoms with Crippen LogP contribution in [-0.4, -0.2) is 28.8 Å². The normalized spacial score (nSPS) is 15.0. The lowest BCUT2D eigenvalue weighted by Gasteiger charge is -2.11. The van der Waals surface area contributed by atoms with E-state index in [4.69, 9.17) is 4.74 Å². The van der Waals surface area contributed by atoms with E-state index in [-0.39, 0.29) is 5.91 Å². The molecule has 5 heteroatoms. The first-order chi connectivity index (χ1) is 10.7. The average molecular weight is 299 g/mol. The van der Waals surface area contributed by atoms with E-state index in [1.165, 1.54) is 12.8 Å². The monoisotopic (exact) mass is 299 g/mol. The van der Waals surface area contributed by atoms with Crippen molar-refractivity contribution in [1.29, 1.82) is 0 Å². The summed E-state index contributed by atoms with van der Waals surface area (Å²) in [7, 11) is 3.44. The lowest BCUT2D eigenvalue weighted by molar-refractivity contribution is 0.0928. The molecule has 1 saturated carbocycles. The van der Waals surface area contributed by atoms with Crippen molar-refractivity contribution in [2.75, 3.05) is 7.11 Å². The van der Waals surface area contributed by atoms with Crippen molar-refractivity contribution in [2.24, 2.45) is 7.05 Å². The van der Waals surface area contributed by atoms with E-state index in [1.807, 2.05) is 30.3 Å². The molecule has 1 aliphatic rings. The van der Waals surface area contributed by atoms with Crippen LogP contribution in [0.3, 0.4) is 0 Å². The van der Waals surface area contributed by atoms with E-state index in [9.17, 15) is 4.79 Å². The molecule has 1 heterocycles. The van der Waals surface area contributed by atoms with Gasteiger partial charge >= 0.3 is 0 Å². The second kappa shape index (κ2) is 6.22. The van der Waals surface area contributed by atoms with Crippen LogP contribution in [0.25, 0.3) is 11.3 Å². The quantitative estimate of drug-likeness (QED) is 0.944. The van der Waals surface area contributed by atoms with Crippen LogP contribution in [0.5, 0.6) is 5.75 Å². The maximum atomic E-state index is 12.4. The van der Waals surface area contributed by atoms with E-state index in [2.05, 4.69) is 10.4 Å². The highest BCUT2D eigenvalue weighted by Crippen LogP contribution is 2.24. The average Bonchev–Trinajstić information content (AvgIpc) is 3.17. The maximum Gasteiger partial charge on any atom is 0.269 e. The number of hydrogen-bond donors (Lipinski definition) is 1. The minimum Gasteiger partial charge on any atom is -0.497 e. The van der Waals surface area contributed by atoms with Gasteiger partial charge in [-0.1, -0.05) is 25.0 Å². The Morgan fingerprint density at radius 2 is 2.09 bits per heavy atom. The van der Waals surface area contributed by atoms with E-state index in [1.54, 1.807) is 18.8 Å². The fourth-order valence-electron chi connectivity index (χ4n) is 2.93. The van der Waals surface area contributed by atoms with Gasteiger partial charge in [-0.2, -0.15) is 5.10 Å². The van der Waals surface area contributed by atoms with Crippen LogP contribution in [0.15, 0.2) is 30.3 Å². The predicted octanol–water partition coefficient (Wildman–Crippen LogP) is 2.77. The van der Waals surface area contributed by atoms with E-state index < -0.39 is 0 Å². The summed E-state index contributed by atoms with van der Waals surface area (Å²) >= 11 is 0. The van der Waals surface area contributed by atoms with Crippen LogP contribution in [-0.2, 0) is 7.05 Å². The van der Waals surface area contributed by atoms with Crippen molar-refractivity contribution in [3.63, 3.8) is 0 Å². The second-order valence-electron chi connectivity index (χ2n) is 5.73. The van der Waals surface area contributed by atoms with Crippen molar-refractivity contribution >= 4 is 5.91 Å². The van der Waals surface area contributed by atoms with Gasteiger partial charge in [0, 0.05) is 18.7 Å². The lowest BCUT2D eigenvalue weighted by atomic mass is 10.1. The van der Waals surface area contributed by atoms with Crippen LogP contribution >= 0.6 is 0 Å². The molecule has 2 aromatic rings. The van der Waals surface area contributed by atoms with Gasteiger partial charge in [0.2, 0.25) is 0 Å². The fourth-order valence-corrected chi connectivity index (χ4v) is 2.93. The molecule has 1 aliphatic carbocycles. The zero-order chi connectivity index (χ0) is 15.5. The number of carbonyl (C=O) groups is 1. The molecule has 22 heavy (non-hydrogen) atoms. The Kier molecular flexibility index (Phi) is 4.13. The van der Waals surface area contributed by atoms with Crippen molar-refractivity contribution in [3.8, 4) is 17.0 Å². The Morgan fingerprint density at radius 1 is 1.32 bits per heavy atom. The predicted molar refractivity (Wildman–Crippen MR) is 84.9 cm³/mol. The van der Waals surface area contributed by atoms with Crippen LogP contribution in [0, 0.1) is 0 Å². The van der Waals surface area contributed by atoms with Gasteiger partial charge < -0.3 is 10.1 Å². The summed E-state index contributed by atoms with van der Waals surface area (Å²) in [5.74, 6) is 0.733. The number of ether oxygens (including phenoxy) is 1. The molecule has 116 valence electrons. The number of hydrogen-bond acceptors (Lipinski definition) is 3. The van der Waals surface area contributed by atoms with Crippen molar-refractivity contribution in [2.45, 2.75) is 31.7 Å². The summed E-state index contributed by atoms with van der Waals surface area (Å²) in [5, 5.41) is 7.55. The number of benzene rings is 1. The minimum atomic E-state index is -0.0453. The van der Waals surface area contributed by atoms with Gasteiger partial charge in [0.25, 0.3) is 5.91 Å². The van der Waals surface area contributed by atoms with Gasteiger partial charge in [0.1, 0.15) is 11.4 Å². The topological polar surface area (TPSA) is 56.1 Å². The standard InChI is InChI=1S/C17H21N3O2/c1-20-16(17(21)18-13-7-3-4-8-13)11-15(19-20)12-6-5-9-14(10-12)22-2/h5-6,9-11,13H,3-4,7-8H2,1-2H3,(H,18,21). The van der Waals surface area contributed by atoms with E-state index in [0.29, 0.717) is 11.7 Å². The first-order valence-corrected chi connectivity index (χ1v) is 7.66. The molecule has 5 nitrogen and oxygen atoms in total. The molecule has 0 spiro atoms. The van der Waals surface area contributed by atoms with Gasteiger partial charge in [0.05, 0.1) is 12.8 Å². The third kappa shape index (κ3) is 2.98. The van der Waals surface area contributed by atoms with Gasteiger partial charge in [-0.15, -0.1) is 0 Å². The minimum absolute atomic E-state index is 0.0453. The summed E-state index contributed by atoms with van der Waals surface area (Å²) in [5.41, 5.74) is 2.30. The number of nitrogens with zero attached hydrogens (tertiary/aromatic N) is 2. The highest BCUT2D eigenvalue weighted by molar-refractivity contribution is 5.93. The van der Waals surface area contributed by atoms with Crippen molar-refractivity contribution in [3.05, 3.63) is 36.0 Å². The number of carbonyl (C=O) groups excluding carboxylic acids is 1. The van der Waals surface area contributed by atoms with Gasteiger partial charge in [-0.05, 0) is 31.0 Å². The Hall–Kier alpha value is -2.30. The Balaban J connectivity index is 1.81. The van der Waals surface area contributed by atoms with Crippen molar-refractivity contribution < 1.29 is 9.53 Å². The summed E-state index contributed by atoms with van der Waals surface area (Å²) < 4.78 is 6.87. The lowest BCUT2D eigenvalue weighted by Crippen LogP contribution is -2.33. The first kappa shape index (κ1) is 14.6. The largest absolute Gasteiger partial charge is 0.497 e. The summed E-state index contributed by atoms with van der Waals surface area (Å²) in [6, 6.07) is 9.83. The summed E-state index contributed by atoms with van der Waals surface area (Å²) in [6.45, 7) is 0. The molecule has 1 N–H and O–H groups in total. The first-order valence-electron chi connectivity index (χ1n) is 7.66. The van der Waals surface area contributed by atoms with Gasteiger partial charge in [0.15, 0.2) is 0 Å². The Labute approximate surface area is 130 Å². The molecule has 0 aliphatic heterocycles. The molecule has 0 saturated heterocycles. The molecule has 1 amide bonds.